The molecule has 0 aliphatic rings. The molecular weight excluding hydrogens is 303 g/mol. The van der Waals surface area contributed by atoms with Crippen LogP contribution in [0, 0.1) is 22.9 Å². The molecule has 1 amide bonds. The summed E-state index contributed by atoms with van der Waals surface area (Å²) >= 11 is 0. The highest BCUT2D eigenvalue weighted by atomic mass is 19.1. The van der Waals surface area contributed by atoms with Gasteiger partial charge in [-0.2, -0.15) is 0 Å². The summed E-state index contributed by atoms with van der Waals surface area (Å²) in [6, 6.07) is 9.49. The van der Waals surface area contributed by atoms with Gasteiger partial charge < -0.3 is 10.1 Å². The van der Waals surface area contributed by atoms with Crippen LogP contribution in [0.3, 0.4) is 0 Å². The van der Waals surface area contributed by atoms with E-state index in [-0.39, 0.29) is 5.69 Å². The van der Waals surface area contributed by atoms with E-state index in [4.69, 9.17) is 4.74 Å². The lowest BCUT2D eigenvalue weighted by Gasteiger charge is -2.15. The molecule has 0 saturated carbocycles. The third kappa shape index (κ3) is 4.26. The minimum atomic E-state index is -0.848. The second kappa shape index (κ2) is 6.87. The zero-order valence-electron chi connectivity index (χ0n) is 12.6. The smallest absolute Gasteiger partial charge is 0.271 e. The lowest BCUT2D eigenvalue weighted by Crippen LogP contribution is -2.30. The van der Waals surface area contributed by atoms with Crippen LogP contribution in [0.25, 0.3) is 0 Å². The molecule has 6 nitrogen and oxygen atoms in total. The zero-order valence-corrected chi connectivity index (χ0v) is 12.6. The quantitative estimate of drug-likeness (QED) is 0.676. The van der Waals surface area contributed by atoms with E-state index in [2.05, 4.69) is 5.32 Å². The monoisotopic (exact) mass is 318 g/mol. The molecule has 0 aliphatic heterocycles. The summed E-state index contributed by atoms with van der Waals surface area (Å²) in [5.41, 5.74) is 0.926. The SMILES string of the molecule is Cc1ccc([N+](=O)[O-])cc1NC(=O)[C@H](C)Oc1ccc(F)cc1. The minimum absolute atomic E-state index is 0.113. The molecule has 2 aromatic rings. The molecule has 23 heavy (non-hydrogen) atoms. The van der Waals surface area contributed by atoms with E-state index < -0.39 is 22.8 Å². The molecule has 1 atom stereocenters. The molecule has 2 rings (SSSR count). The maximum atomic E-state index is 12.8. The number of aryl methyl sites for hydroxylation is 1. The molecule has 0 radical (unpaired) electrons. The number of carbonyl (C=O) groups excluding carboxylic acids is 1. The first kappa shape index (κ1) is 16.4. The van der Waals surface area contributed by atoms with Gasteiger partial charge in [-0.3, -0.25) is 14.9 Å². The number of nitrogens with one attached hydrogen (secondary N) is 1. The van der Waals surface area contributed by atoms with Crippen LogP contribution in [0.4, 0.5) is 15.8 Å². The Balaban J connectivity index is 2.07. The standard InChI is InChI=1S/C16H15FN2O4/c1-10-3-6-13(19(21)22)9-15(10)18-16(20)11(2)23-14-7-4-12(17)5-8-14/h3-9,11H,1-2H3,(H,18,20)/t11-/m0/s1. The van der Waals surface area contributed by atoms with E-state index in [9.17, 15) is 19.3 Å². The molecule has 0 bridgehead atoms. The third-order valence-corrected chi connectivity index (χ3v) is 3.19. The van der Waals surface area contributed by atoms with Crippen LogP contribution >= 0.6 is 0 Å². The maximum absolute atomic E-state index is 12.8. The highest BCUT2D eigenvalue weighted by Gasteiger charge is 2.17. The molecule has 0 heterocycles. The summed E-state index contributed by atoms with van der Waals surface area (Å²) in [7, 11) is 0. The third-order valence-electron chi connectivity index (χ3n) is 3.19. The molecule has 0 aliphatic carbocycles. The number of benzene rings is 2. The van der Waals surface area contributed by atoms with Crippen LogP contribution in [0.1, 0.15) is 12.5 Å². The zero-order chi connectivity index (χ0) is 17.0. The Morgan fingerprint density at radius 2 is 1.91 bits per heavy atom. The number of hydrogen-bond acceptors (Lipinski definition) is 4. The van der Waals surface area contributed by atoms with E-state index in [1.165, 1.54) is 43.3 Å². The van der Waals surface area contributed by atoms with Gasteiger partial charge in [0.2, 0.25) is 0 Å². The first-order valence-corrected chi connectivity index (χ1v) is 6.85. The van der Waals surface area contributed by atoms with Crippen LogP contribution < -0.4 is 10.1 Å². The van der Waals surface area contributed by atoms with E-state index >= 15 is 0 Å². The lowest BCUT2D eigenvalue weighted by molar-refractivity contribution is -0.384. The topological polar surface area (TPSA) is 81.5 Å². The van der Waals surface area contributed by atoms with Gasteiger partial charge in [-0.25, -0.2) is 4.39 Å². The normalized spacial score (nSPS) is 11.6. The predicted molar refractivity (Wildman–Crippen MR) is 83.0 cm³/mol. The number of rotatable bonds is 5. The molecule has 1 N–H and O–H groups in total. The Bertz CT molecular complexity index is 731. The van der Waals surface area contributed by atoms with Crippen LogP contribution in [-0.2, 0) is 4.79 Å². The summed E-state index contributed by atoms with van der Waals surface area (Å²) in [5.74, 6) is -0.510. The first-order valence-electron chi connectivity index (χ1n) is 6.85. The molecule has 0 unspecified atom stereocenters. The molecule has 0 saturated heterocycles. The van der Waals surface area contributed by atoms with Gasteiger partial charge in [-0.05, 0) is 43.7 Å². The van der Waals surface area contributed by atoms with E-state index in [1.54, 1.807) is 13.0 Å². The second-order valence-corrected chi connectivity index (χ2v) is 4.96. The number of ether oxygens (including phenoxy) is 1. The van der Waals surface area contributed by atoms with E-state index in [0.717, 1.165) is 0 Å². The number of halogens is 1. The summed E-state index contributed by atoms with van der Waals surface area (Å²) in [6.07, 6.45) is -0.848. The molecule has 0 fully saturated rings. The Kier molecular flexibility index (Phi) is 4.90. The summed E-state index contributed by atoms with van der Waals surface area (Å²) < 4.78 is 18.2. The first-order chi connectivity index (χ1) is 10.9. The van der Waals surface area contributed by atoms with Crippen molar-refractivity contribution in [2.45, 2.75) is 20.0 Å². The van der Waals surface area contributed by atoms with Crippen LogP contribution in [0.2, 0.25) is 0 Å². The van der Waals surface area contributed by atoms with E-state index in [1.807, 2.05) is 0 Å². The molecule has 0 spiro atoms. The van der Waals surface area contributed by atoms with Gasteiger partial charge >= 0.3 is 0 Å². The molecule has 120 valence electrons. The Morgan fingerprint density at radius 3 is 2.52 bits per heavy atom. The highest BCUT2D eigenvalue weighted by molar-refractivity contribution is 5.95. The van der Waals surface area contributed by atoms with Crippen molar-refractivity contribution < 1.29 is 18.8 Å². The molecule has 2 aromatic carbocycles. The van der Waals surface area contributed by atoms with Crippen molar-refractivity contribution in [2.24, 2.45) is 0 Å². The van der Waals surface area contributed by atoms with Crippen molar-refractivity contribution in [3.63, 3.8) is 0 Å². The number of carbonyl (C=O) groups is 1. The van der Waals surface area contributed by atoms with Crippen molar-refractivity contribution >= 4 is 17.3 Å². The van der Waals surface area contributed by atoms with Crippen molar-refractivity contribution in [3.05, 3.63) is 64.0 Å². The fourth-order valence-corrected chi connectivity index (χ4v) is 1.86. The minimum Gasteiger partial charge on any atom is -0.481 e. The van der Waals surface area contributed by atoms with Crippen molar-refractivity contribution in [2.75, 3.05) is 5.32 Å². The Hall–Kier alpha value is -2.96. The number of hydrogen-bond donors (Lipinski definition) is 1. The van der Waals surface area contributed by atoms with Crippen molar-refractivity contribution in [3.8, 4) is 5.75 Å². The molecular formula is C16H15FN2O4. The van der Waals surface area contributed by atoms with Crippen molar-refractivity contribution in [1.82, 2.24) is 0 Å². The summed E-state index contributed by atoms with van der Waals surface area (Å²) in [4.78, 5) is 22.4. The van der Waals surface area contributed by atoms with Crippen LogP contribution in [0.15, 0.2) is 42.5 Å². The largest absolute Gasteiger partial charge is 0.481 e. The van der Waals surface area contributed by atoms with Crippen LogP contribution in [0.5, 0.6) is 5.75 Å². The molecule has 7 heteroatoms. The number of nitro groups is 1. The number of amides is 1. The van der Waals surface area contributed by atoms with Gasteiger partial charge in [-0.15, -0.1) is 0 Å². The number of anilines is 1. The number of nitro benzene ring substituents is 1. The second-order valence-electron chi connectivity index (χ2n) is 4.96. The predicted octanol–water partition coefficient (Wildman–Crippen LogP) is 3.45. The van der Waals surface area contributed by atoms with Gasteiger partial charge in [-0.1, -0.05) is 6.07 Å². The fraction of sp³-hybridized carbons (Fsp3) is 0.188. The highest BCUT2D eigenvalue weighted by Crippen LogP contribution is 2.22. The van der Waals surface area contributed by atoms with Crippen molar-refractivity contribution in [1.29, 1.82) is 0 Å². The maximum Gasteiger partial charge on any atom is 0.271 e. The van der Waals surface area contributed by atoms with Gasteiger partial charge in [0, 0.05) is 12.1 Å². The van der Waals surface area contributed by atoms with E-state index in [0.29, 0.717) is 17.0 Å². The summed E-state index contributed by atoms with van der Waals surface area (Å²) in [6.45, 7) is 3.26. The average molecular weight is 318 g/mol. The van der Waals surface area contributed by atoms with Gasteiger partial charge in [0.05, 0.1) is 10.6 Å². The Morgan fingerprint density at radius 1 is 1.26 bits per heavy atom. The number of non-ortho nitro benzene ring substituents is 1. The Labute approximate surface area is 132 Å². The van der Waals surface area contributed by atoms with Gasteiger partial charge in [0.1, 0.15) is 11.6 Å². The molecule has 0 aromatic heterocycles. The number of nitrogens with zero attached hydrogens (tertiary/aromatic N) is 1. The average Bonchev–Trinajstić information content (AvgIpc) is 2.51. The summed E-state index contributed by atoms with van der Waals surface area (Å²) in [5, 5.41) is 13.4. The fourth-order valence-electron chi connectivity index (χ4n) is 1.86. The van der Waals surface area contributed by atoms with Crippen LogP contribution in [-0.4, -0.2) is 16.9 Å². The van der Waals surface area contributed by atoms with Gasteiger partial charge in [0.25, 0.3) is 11.6 Å². The lowest BCUT2D eigenvalue weighted by atomic mass is 10.1. The van der Waals surface area contributed by atoms with Gasteiger partial charge in [0.15, 0.2) is 6.10 Å².